The highest BCUT2D eigenvalue weighted by Gasteiger charge is 2.31. The number of carbonyl (C=O) groups is 1. The average Bonchev–Trinajstić information content (AvgIpc) is 2.47. The van der Waals surface area contributed by atoms with Gasteiger partial charge in [-0.05, 0) is 72.0 Å². The van der Waals surface area contributed by atoms with Gasteiger partial charge in [0, 0.05) is 18.1 Å². The molecule has 1 amide bonds. The van der Waals surface area contributed by atoms with Gasteiger partial charge < -0.3 is 10.2 Å². The van der Waals surface area contributed by atoms with Crippen molar-refractivity contribution in [2.24, 2.45) is 0 Å². The van der Waals surface area contributed by atoms with Gasteiger partial charge in [-0.1, -0.05) is 6.92 Å². The van der Waals surface area contributed by atoms with Crippen LogP contribution in [-0.2, 0) is 4.79 Å². The van der Waals surface area contributed by atoms with E-state index in [1.165, 1.54) is 19.3 Å². The van der Waals surface area contributed by atoms with Crippen molar-refractivity contribution in [1.29, 1.82) is 0 Å². The van der Waals surface area contributed by atoms with Gasteiger partial charge in [-0.2, -0.15) is 0 Å². The topological polar surface area (TPSA) is 35.6 Å². The number of hydrogen-bond donors (Lipinski definition) is 1. The molecule has 2 atom stereocenters. The lowest BCUT2D eigenvalue weighted by atomic mass is 9.97. The molecule has 130 valence electrons. The lowest BCUT2D eigenvalue weighted by Crippen LogP contribution is -2.53. The zero-order valence-electron chi connectivity index (χ0n) is 14.5. The fourth-order valence-corrected chi connectivity index (χ4v) is 4.02. The smallest absolute Gasteiger partial charge is 0.237 e. The molecule has 0 aromatic rings. The Morgan fingerprint density at radius 2 is 1.73 bits per heavy atom. The first kappa shape index (κ1) is 19.7. The molecule has 2 aliphatic rings. The van der Waals surface area contributed by atoms with E-state index in [1.54, 1.807) is 0 Å². The summed E-state index contributed by atoms with van der Waals surface area (Å²) in [4.78, 5) is 17.4. The van der Waals surface area contributed by atoms with E-state index in [2.05, 4.69) is 35.9 Å². The summed E-state index contributed by atoms with van der Waals surface area (Å²) in [5.74, 6) is 0.349. The van der Waals surface area contributed by atoms with E-state index in [0.717, 1.165) is 38.9 Å². The molecular weight excluding hydrogens is 298 g/mol. The van der Waals surface area contributed by atoms with E-state index < -0.39 is 0 Å². The molecule has 0 aliphatic carbocycles. The molecule has 2 saturated heterocycles. The lowest BCUT2D eigenvalue weighted by molar-refractivity contribution is -0.139. The molecular formula is C17H34ClN3O. The second-order valence-corrected chi connectivity index (χ2v) is 6.88. The van der Waals surface area contributed by atoms with Crippen LogP contribution in [0.25, 0.3) is 0 Å². The second-order valence-electron chi connectivity index (χ2n) is 6.88. The molecule has 0 aromatic carbocycles. The summed E-state index contributed by atoms with van der Waals surface area (Å²) in [6, 6.07) is 1.42. The van der Waals surface area contributed by atoms with Crippen molar-refractivity contribution in [3.63, 3.8) is 0 Å². The van der Waals surface area contributed by atoms with E-state index >= 15 is 0 Å². The third-order valence-corrected chi connectivity index (χ3v) is 5.16. The third kappa shape index (κ3) is 5.10. The summed E-state index contributed by atoms with van der Waals surface area (Å²) < 4.78 is 0. The molecule has 22 heavy (non-hydrogen) atoms. The number of carbonyl (C=O) groups excluding carboxylic acids is 1. The average molecular weight is 332 g/mol. The predicted molar refractivity (Wildman–Crippen MR) is 94.6 cm³/mol. The van der Waals surface area contributed by atoms with Gasteiger partial charge in [-0.25, -0.2) is 0 Å². The zero-order chi connectivity index (χ0) is 15.2. The largest absolute Gasteiger partial charge is 0.336 e. The summed E-state index contributed by atoms with van der Waals surface area (Å²) in [5.41, 5.74) is 0. The maximum atomic E-state index is 12.8. The van der Waals surface area contributed by atoms with E-state index in [1.807, 2.05) is 0 Å². The molecule has 0 aromatic heterocycles. The van der Waals surface area contributed by atoms with E-state index in [9.17, 15) is 4.79 Å². The Morgan fingerprint density at radius 3 is 2.27 bits per heavy atom. The summed E-state index contributed by atoms with van der Waals surface area (Å²) in [5, 5.41) is 3.42. The van der Waals surface area contributed by atoms with Crippen LogP contribution in [0.3, 0.4) is 0 Å². The lowest BCUT2D eigenvalue weighted by Gasteiger charge is -2.41. The van der Waals surface area contributed by atoms with Gasteiger partial charge in [-0.3, -0.25) is 9.69 Å². The third-order valence-electron chi connectivity index (χ3n) is 5.16. The Balaban J connectivity index is 0.00000242. The summed E-state index contributed by atoms with van der Waals surface area (Å²) >= 11 is 0. The minimum absolute atomic E-state index is 0. The van der Waals surface area contributed by atoms with E-state index in [-0.39, 0.29) is 12.4 Å². The fraction of sp³-hybridized carbons (Fsp3) is 0.941. The molecule has 2 heterocycles. The first-order chi connectivity index (χ1) is 10.1. The minimum atomic E-state index is 0. The number of amides is 1. The first-order valence-corrected chi connectivity index (χ1v) is 8.89. The van der Waals surface area contributed by atoms with Gasteiger partial charge >= 0.3 is 0 Å². The van der Waals surface area contributed by atoms with Crippen LogP contribution in [0.4, 0.5) is 0 Å². The zero-order valence-corrected chi connectivity index (χ0v) is 15.3. The Morgan fingerprint density at radius 1 is 1.14 bits per heavy atom. The first-order valence-electron chi connectivity index (χ1n) is 8.89. The van der Waals surface area contributed by atoms with Crippen LogP contribution in [0.5, 0.6) is 0 Å². The van der Waals surface area contributed by atoms with E-state index in [4.69, 9.17) is 0 Å². The van der Waals surface area contributed by atoms with Gasteiger partial charge in [0.25, 0.3) is 0 Å². The highest BCUT2D eigenvalue weighted by molar-refractivity contribution is 5.85. The van der Waals surface area contributed by atoms with Crippen LogP contribution in [0.15, 0.2) is 0 Å². The number of likely N-dealkylation sites (tertiary alicyclic amines) is 1. The van der Waals surface area contributed by atoms with Crippen LogP contribution in [-0.4, -0.2) is 60.0 Å². The Hall–Kier alpha value is -0.320. The number of hydrogen-bond acceptors (Lipinski definition) is 3. The maximum Gasteiger partial charge on any atom is 0.237 e. The molecule has 2 aliphatic heterocycles. The molecule has 4 nitrogen and oxygen atoms in total. The van der Waals surface area contributed by atoms with Gasteiger partial charge in [-0.15, -0.1) is 12.4 Å². The van der Waals surface area contributed by atoms with Crippen LogP contribution in [0, 0.1) is 0 Å². The number of piperidine rings is 2. The SMILES string of the molecule is CCCN(CC(=O)N1C(C)CCCC1C)C1CCNCC1.Cl. The van der Waals surface area contributed by atoms with Crippen molar-refractivity contribution in [2.45, 2.75) is 77.4 Å². The standard InChI is InChI=1S/C17H33N3O.ClH/c1-4-12-19(16-8-10-18-11-9-16)13-17(21)20-14(2)6-5-7-15(20)3;/h14-16,18H,4-13H2,1-3H3;1H. The predicted octanol–water partition coefficient (Wildman–Crippen LogP) is 2.66. The van der Waals surface area contributed by atoms with Crippen LogP contribution < -0.4 is 5.32 Å². The highest BCUT2D eigenvalue weighted by atomic mass is 35.5. The highest BCUT2D eigenvalue weighted by Crippen LogP contribution is 2.23. The molecule has 0 spiro atoms. The van der Waals surface area contributed by atoms with Crippen LogP contribution >= 0.6 is 12.4 Å². The van der Waals surface area contributed by atoms with Crippen molar-refractivity contribution in [1.82, 2.24) is 15.1 Å². The van der Waals surface area contributed by atoms with E-state index in [0.29, 0.717) is 30.6 Å². The minimum Gasteiger partial charge on any atom is -0.336 e. The molecule has 0 bridgehead atoms. The summed E-state index contributed by atoms with van der Waals surface area (Å²) in [6.45, 7) is 10.5. The molecule has 2 fully saturated rings. The molecule has 1 N–H and O–H groups in total. The van der Waals surface area contributed by atoms with Gasteiger partial charge in [0.15, 0.2) is 0 Å². The fourth-order valence-electron chi connectivity index (χ4n) is 4.02. The maximum absolute atomic E-state index is 12.8. The Kier molecular flexibility index (Phi) is 8.73. The molecule has 2 rings (SSSR count). The summed E-state index contributed by atoms with van der Waals surface area (Å²) in [7, 11) is 0. The van der Waals surface area contributed by atoms with Crippen molar-refractivity contribution in [3.8, 4) is 0 Å². The second kappa shape index (κ2) is 9.74. The number of halogens is 1. The van der Waals surface area contributed by atoms with Gasteiger partial charge in [0.2, 0.25) is 5.91 Å². The normalized spacial score (nSPS) is 26.8. The molecule has 2 unspecified atom stereocenters. The van der Waals surface area contributed by atoms with Crippen molar-refractivity contribution in [2.75, 3.05) is 26.2 Å². The molecule has 5 heteroatoms. The van der Waals surface area contributed by atoms with Gasteiger partial charge in [0.05, 0.1) is 6.54 Å². The van der Waals surface area contributed by atoms with Crippen molar-refractivity contribution in [3.05, 3.63) is 0 Å². The quantitative estimate of drug-likeness (QED) is 0.841. The Bertz CT molecular complexity index is 324. The van der Waals surface area contributed by atoms with Crippen molar-refractivity contribution >= 4 is 18.3 Å². The van der Waals surface area contributed by atoms with Crippen LogP contribution in [0.2, 0.25) is 0 Å². The number of rotatable bonds is 5. The Labute approximate surface area is 142 Å². The summed E-state index contributed by atoms with van der Waals surface area (Å²) in [6.07, 6.45) is 7.08. The van der Waals surface area contributed by atoms with Gasteiger partial charge in [0.1, 0.15) is 0 Å². The number of nitrogens with zero attached hydrogens (tertiary/aromatic N) is 2. The van der Waals surface area contributed by atoms with Crippen LogP contribution in [0.1, 0.15) is 59.3 Å². The van der Waals surface area contributed by atoms with Crippen molar-refractivity contribution < 1.29 is 4.79 Å². The molecule has 0 saturated carbocycles. The monoisotopic (exact) mass is 331 g/mol. The molecule has 0 radical (unpaired) electrons. The number of nitrogens with one attached hydrogen (secondary N) is 1.